The quantitative estimate of drug-likeness (QED) is 0.656. The molecule has 1 aromatic carbocycles. The molecule has 2 heteroatoms. The van der Waals surface area contributed by atoms with E-state index in [1.54, 1.807) is 0 Å². The Bertz CT molecular complexity index is 385. The van der Waals surface area contributed by atoms with E-state index in [1.807, 2.05) is 32.9 Å². The van der Waals surface area contributed by atoms with Crippen LogP contribution in [0.1, 0.15) is 70.9 Å². The summed E-state index contributed by atoms with van der Waals surface area (Å²) in [7, 11) is 0. The van der Waals surface area contributed by atoms with Crippen molar-refractivity contribution in [2.24, 2.45) is 0 Å². The Labute approximate surface area is 125 Å². The number of rotatable bonds is 7. The second kappa shape index (κ2) is 11.5. The maximum absolute atomic E-state index is 11.5. The number of carbonyl (C=O) groups excluding carboxylic acids is 1. The molecule has 0 unspecified atom stereocenters. The topological polar surface area (TPSA) is 29.1 Å². The van der Waals surface area contributed by atoms with Gasteiger partial charge in [0, 0.05) is 12.1 Å². The molecule has 0 heterocycles. The van der Waals surface area contributed by atoms with E-state index in [-0.39, 0.29) is 5.91 Å². The number of hydrogen-bond acceptors (Lipinski definition) is 1. The Balaban J connectivity index is 0.00000172. The van der Waals surface area contributed by atoms with Gasteiger partial charge in [0.15, 0.2) is 0 Å². The van der Waals surface area contributed by atoms with E-state index < -0.39 is 0 Å². The summed E-state index contributed by atoms with van der Waals surface area (Å²) >= 11 is 0. The first-order chi connectivity index (χ1) is 9.69. The lowest BCUT2D eigenvalue weighted by Crippen LogP contribution is -2.11. The number of hydrogen-bond donors (Lipinski definition) is 1. The maximum atomic E-state index is 11.5. The van der Waals surface area contributed by atoms with E-state index in [1.165, 1.54) is 36.8 Å². The van der Waals surface area contributed by atoms with E-state index in [0.717, 1.165) is 12.1 Å². The largest absolute Gasteiger partial charge is 0.326 e. The molecule has 114 valence electrons. The van der Waals surface area contributed by atoms with Crippen LogP contribution in [0.15, 0.2) is 18.2 Å². The van der Waals surface area contributed by atoms with Gasteiger partial charge in [0.1, 0.15) is 0 Å². The Morgan fingerprint density at radius 3 is 2.40 bits per heavy atom. The van der Waals surface area contributed by atoms with Gasteiger partial charge >= 0.3 is 0 Å². The first kappa shape index (κ1) is 18.7. The van der Waals surface area contributed by atoms with Gasteiger partial charge in [0.25, 0.3) is 0 Å². The molecule has 1 rings (SSSR count). The summed E-state index contributed by atoms with van der Waals surface area (Å²) in [6, 6.07) is 6.14. The van der Waals surface area contributed by atoms with E-state index >= 15 is 0 Å². The molecule has 0 bridgehead atoms. The lowest BCUT2D eigenvalue weighted by atomic mass is 9.99. The van der Waals surface area contributed by atoms with Crippen LogP contribution in [0, 0.1) is 6.92 Å². The molecule has 1 N–H and O–H groups in total. The zero-order valence-corrected chi connectivity index (χ0v) is 13.9. The van der Waals surface area contributed by atoms with E-state index in [0.29, 0.717) is 6.42 Å². The zero-order chi connectivity index (χ0) is 15.4. The molecule has 0 radical (unpaired) electrons. The van der Waals surface area contributed by atoms with Gasteiger partial charge in [-0.15, -0.1) is 0 Å². The predicted octanol–water partition coefficient (Wildman–Crippen LogP) is 5.49. The van der Waals surface area contributed by atoms with Crippen molar-refractivity contribution in [3.63, 3.8) is 0 Å². The average Bonchev–Trinajstić information content (AvgIpc) is 2.48. The monoisotopic (exact) mass is 277 g/mol. The second-order valence-corrected chi connectivity index (χ2v) is 4.81. The van der Waals surface area contributed by atoms with Crippen LogP contribution >= 0.6 is 0 Å². The van der Waals surface area contributed by atoms with Gasteiger partial charge in [-0.1, -0.05) is 59.1 Å². The van der Waals surface area contributed by atoms with Crippen LogP contribution in [0.5, 0.6) is 0 Å². The third-order valence-corrected chi connectivity index (χ3v) is 3.29. The van der Waals surface area contributed by atoms with Crippen molar-refractivity contribution < 1.29 is 4.79 Å². The summed E-state index contributed by atoms with van der Waals surface area (Å²) in [5, 5.41) is 3.00. The highest BCUT2D eigenvalue weighted by Gasteiger charge is 2.07. The Morgan fingerprint density at radius 2 is 1.80 bits per heavy atom. The van der Waals surface area contributed by atoms with Gasteiger partial charge in [-0.25, -0.2) is 0 Å². The van der Waals surface area contributed by atoms with Crippen LogP contribution in [0.25, 0.3) is 0 Å². The van der Waals surface area contributed by atoms with E-state index in [9.17, 15) is 4.79 Å². The first-order valence-electron chi connectivity index (χ1n) is 8.07. The Hall–Kier alpha value is -1.31. The molecule has 20 heavy (non-hydrogen) atoms. The molecule has 0 fully saturated rings. The van der Waals surface area contributed by atoms with Gasteiger partial charge in [-0.3, -0.25) is 4.79 Å². The van der Waals surface area contributed by atoms with Crippen LogP contribution in [0.4, 0.5) is 5.69 Å². The molecular formula is C18H31NO. The highest BCUT2D eigenvalue weighted by molar-refractivity contribution is 5.91. The highest BCUT2D eigenvalue weighted by atomic mass is 16.1. The number of aryl methyl sites for hydroxylation is 1. The van der Waals surface area contributed by atoms with Crippen LogP contribution in [0.3, 0.4) is 0 Å². The van der Waals surface area contributed by atoms with Crippen LogP contribution in [-0.4, -0.2) is 5.91 Å². The van der Waals surface area contributed by atoms with E-state index in [4.69, 9.17) is 0 Å². The molecule has 0 aliphatic rings. The Morgan fingerprint density at radius 1 is 1.10 bits per heavy atom. The third-order valence-electron chi connectivity index (χ3n) is 3.29. The number of unbranched alkanes of at least 4 members (excludes halogenated alkanes) is 3. The number of benzene rings is 1. The minimum atomic E-state index is 0.0930. The normalized spacial score (nSPS) is 9.65. The van der Waals surface area contributed by atoms with Crippen LogP contribution in [0.2, 0.25) is 0 Å². The summed E-state index contributed by atoms with van der Waals surface area (Å²) in [6.45, 7) is 10.2. The lowest BCUT2D eigenvalue weighted by Gasteiger charge is -2.13. The van der Waals surface area contributed by atoms with Crippen molar-refractivity contribution >= 4 is 11.6 Å². The number of anilines is 1. The van der Waals surface area contributed by atoms with Crippen molar-refractivity contribution in [2.75, 3.05) is 5.32 Å². The summed E-state index contributed by atoms with van der Waals surface area (Å²) in [4.78, 5) is 11.5. The molecule has 0 aliphatic carbocycles. The summed E-state index contributed by atoms with van der Waals surface area (Å²) in [6.07, 6.45) is 6.62. The molecule has 0 aromatic heterocycles. The zero-order valence-electron chi connectivity index (χ0n) is 13.9. The molecule has 1 amide bonds. The molecule has 0 atom stereocenters. The number of carbonyl (C=O) groups is 1. The number of nitrogens with one attached hydrogen (secondary N) is 1. The third kappa shape index (κ3) is 6.74. The summed E-state index contributed by atoms with van der Waals surface area (Å²) in [5.74, 6) is 0.0930. The second-order valence-electron chi connectivity index (χ2n) is 4.81. The van der Waals surface area contributed by atoms with Gasteiger partial charge in [-0.2, -0.15) is 0 Å². The maximum Gasteiger partial charge on any atom is 0.224 e. The van der Waals surface area contributed by atoms with Crippen molar-refractivity contribution in [3.05, 3.63) is 29.3 Å². The standard InChI is InChI=1S/C16H25NO.C2H6/c1-4-6-7-8-11-14-13(3)10-9-12-15(14)17-16(18)5-2;1-2/h9-10,12H,4-8,11H2,1-3H3,(H,17,18);1-2H3. The average molecular weight is 277 g/mol. The van der Waals surface area contributed by atoms with Gasteiger partial charge in [0.05, 0.1) is 0 Å². The minimum Gasteiger partial charge on any atom is -0.326 e. The van der Waals surface area contributed by atoms with Gasteiger partial charge in [-0.05, 0) is 37.0 Å². The van der Waals surface area contributed by atoms with Gasteiger partial charge in [0.2, 0.25) is 5.91 Å². The summed E-state index contributed by atoms with van der Waals surface area (Å²) in [5.41, 5.74) is 3.58. The molecule has 1 aromatic rings. The fourth-order valence-electron chi connectivity index (χ4n) is 2.12. The van der Waals surface area contributed by atoms with E-state index in [2.05, 4.69) is 25.2 Å². The molecule has 0 aliphatic heterocycles. The van der Waals surface area contributed by atoms with Crippen molar-refractivity contribution in [1.29, 1.82) is 0 Å². The summed E-state index contributed by atoms with van der Waals surface area (Å²) < 4.78 is 0. The fourth-order valence-corrected chi connectivity index (χ4v) is 2.12. The van der Waals surface area contributed by atoms with Crippen LogP contribution in [-0.2, 0) is 11.2 Å². The van der Waals surface area contributed by atoms with Crippen molar-refractivity contribution in [2.45, 2.75) is 73.1 Å². The smallest absolute Gasteiger partial charge is 0.224 e. The lowest BCUT2D eigenvalue weighted by molar-refractivity contribution is -0.115. The van der Waals surface area contributed by atoms with Gasteiger partial charge < -0.3 is 5.32 Å². The Kier molecular flexibility index (Phi) is 10.8. The SMILES string of the molecule is CC.CCCCCCc1c(C)cccc1NC(=O)CC. The van der Waals surface area contributed by atoms with Crippen molar-refractivity contribution in [3.8, 4) is 0 Å². The predicted molar refractivity (Wildman–Crippen MR) is 89.3 cm³/mol. The fraction of sp³-hybridized carbons (Fsp3) is 0.611. The van der Waals surface area contributed by atoms with Crippen LogP contribution < -0.4 is 5.32 Å². The highest BCUT2D eigenvalue weighted by Crippen LogP contribution is 2.22. The molecule has 0 saturated carbocycles. The molecule has 0 saturated heterocycles. The minimum absolute atomic E-state index is 0.0930. The first-order valence-corrected chi connectivity index (χ1v) is 8.07. The number of amides is 1. The molecular weight excluding hydrogens is 246 g/mol. The molecule has 0 spiro atoms. The van der Waals surface area contributed by atoms with Crippen molar-refractivity contribution in [1.82, 2.24) is 0 Å². The molecule has 2 nitrogen and oxygen atoms in total.